The molecule has 2 aliphatic rings. The minimum atomic E-state index is -4.43. The van der Waals surface area contributed by atoms with Crippen LogP contribution in [0.3, 0.4) is 0 Å². The maximum absolute atomic E-state index is 13.7. The Hall–Kier alpha value is -3.50. The second-order valence-electron chi connectivity index (χ2n) is 8.63. The summed E-state index contributed by atoms with van der Waals surface area (Å²) < 4.78 is 38.5. The third kappa shape index (κ3) is 3.81. The number of piperidine rings is 1. The molecule has 1 amide bonds. The van der Waals surface area contributed by atoms with Gasteiger partial charge in [0.25, 0.3) is 5.91 Å². The predicted octanol–water partition coefficient (Wildman–Crippen LogP) is 3.49. The van der Waals surface area contributed by atoms with Crippen LogP contribution in [0.4, 0.5) is 19.0 Å². The number of rotatable bonds is 4. The van der Waals surface area contributed by atoms with E-state index in [1.165, 1.54) is 23.3 Å². The normalized spacial score (nSPS) is 24.3. The summed E-state index contributed by atoms with van der Waals surface area (Å²) in [4.78, 5) is 25.2. The molecular weight excluding hydrogens is 435 g/mol. The molecule has 2 fully saturated rings. The number of pyridine rings is 2. The van der Waals surface area contributed by atoms with E-state index in [0.29, 0.717) is 11.5 Å². The largest absolute Gasteiger partial charge is 0.417 e. The third-order valence-electron chi connectivity index (χ3n) is 6.54. The van der Waals surface area contributed by atoms with Crippen molar-refractivity contribution in [2.75, 3.05) is 5.32 Å². The van der Waals surface area contributed by atoms with Gasteiger partial charge < -0.3 is 10.2 Å². The summed E-state index contributed by atoms with van der Waals surface area (Å²) in [6.45, 7) is 3.90. The number of fused-ring (bicyclic) bond motifs is 2. The van der Waals surface area contributed by atoms with Crippen LogP contribution in [-0.2, 0) is 6.18 Å². The van der Waals surface area contributed by atoms with Crippen LogP contribution in [0.5, 0.6) is 0 Å². The van der Waals surface area contributed by atoms with Gasteiger partial charge in [-0.05, 0) is 56.4 Å². The van der Waals surface area contributed by atoms with Gasteiger partial charge in [0.2, 0.25) is 0 Å². The molecule has 2 unspecified atom stereocenters. The number of carbonyl (C=O) groups is 1. The third-order valence-corrected chi connectivity index (χ3v) is 6.54. The number of halogens is 3. The lowest BCUT2D eigenvalue weighted by molar-refractivity contribution is -0.137. The van der Waals surface area contributed by atoms with Crippen LogP contribution in [-0.4, -0.2) is 53.9 Å². The lowest BCUT2D eigenvalue weighted by Gasteiger charge is -2.38. The van der Waals surface area contributed by atoms with Crippen molar-refractivity contribution in [2.45, 2.75) is 51.0 Å². The minimum absolute atomic E-state index is 0.0163. The Bertz CT molecular complexity index is 1160. The molecule has 1 aliphatic heterocycles. The summed E-state index contributed by atoms with van der Waals surface area (Å²) in [5.41, 5.74) is 0.857. The number of aromatic nitrogens is 5. The molecule has 1 N–H and O–H groups in total. The molecule has 33 heavy (non-hydrogen) atoms. The Balaban J connectivity index is 1.39. The van der Waals surface area contributed by atoms with Crippen molar-refractivity contribution >= 4 is 11.7 Å². The van der Waals surface area contributed by atoms with Gasteiger partial charge in [-0.3, -0.25) is 4.79 Å². The molecule has 172 valence electrons. The number of nitrogens with zero attached hydrogens (tertiary/aromatic N) is 6. The molecule has 8 nitrogen and oxygen atoms in total. The highest BCUT2D eigenvalue weighted by atomic mass is 19.4. The van der Waals surface area contributed by atoms with Crippen molar-refractivity contribution in [1.29, 1.82) is 0 Å². The molecular formula is C22H22F3N7O. The number of likely N-dealkylation sites (tertiary alicyclic amines) is 1. The lowest BCUT2D eigenvalue weighted by atomic mass is 9.97. The van der Waals surface area contributed by atoms with E-state index in [-0.39, 0.29) is 35.6 Å². The molecule has 0 radical (unpaired) electrons. The van der Waals surface area contributed by atoms with E-state index in [1.54, 1.807) is 6.20 Å². The van der Waals surface area contributed by atoms with Crippen molar-refractivity contribution in [2.24, 2.45) is 5.92 Å². The first kappa shape index (κ1) is 21.4. The van der Waals surface area contributed by atoms with Crippen LogP contribution in [0, 0.1) is 12.8 Å². The van der Waals surface area contributed by atoms with Crippen molar-refractivity contribution < 1.29 is 18.0 Å². The molecule has 3 aromatic heterocycles. The molecule has 5 rings (SSSR count). The predicted molar refractivity (Wildman–Crippen MR) is 113 cm³/mol. The number of hydrogen-bond donors (Lipinski definition) is 1. The molecule has 3 aromatic rings. The average molecular weight is 457 g/mol. The van der Waals surface area contributed by atoms with Crippen LogP contribution in [0.25, 0.3) is 5.69 Å². The van der Waals surface area contributed by atoms with Gasteiger partial charge in [-0.1, -0.05) is 0 Å². The number of hydrogen-bond acceptors (Lipinski definition) is 6. The van der Waals surface area contributed by atoms with E-state index in [2.05, 4.69) is 25.5 Å². The number of aryl methyl sites for hydroxylation is 1. The van der Waals surface area contributed by atoms with E-state index in [9.17, 15) is 18.0 Å². The number of carbonyl (C=O) groups excluding carboxylic acids is 1. The van der Waals surface area contributed by atoms with Crippen molar-refractivity contribution in [1.82, 2.24) is 29.9 Å². The van der Waals surface area contributed by atoms with E-state index in [1.807, 2.05) is 24.8 Å². The summed E-state index contributed by atoms with van der Waals surface area (Å²) in [5, 5.41) is 11.5. The van der Waals surface area contributed by atoms with Crippen molar-refractivity contribution in [3.8, 4) is 5.69 Å². The fourth-order valence-electron chi connectivity index (χ4n) is 4.95. The van der Waals surface area contributed by atoms with Crippen LogP contribution >= 0.6 is 0 Å². The van der Waals surface area contributed by atoms with Crippen LogP contribution in [0.15, 0.2) is 43.0 Å². The first-order valence-corrected chi connectivity index (χ1v) is 10.7. The summed E-state index contributed by atoms with van der Waals surface area (Å²) in [6.07, 6.45) is 2.72. The van der Waals surface area contributed by atoms with Gasteiger partial charge in [0, 0.05) is 24.5 Å². The number of alkyl halides is 3. The summed E-state index contributed by atoms with van der Waals surface area (Å²) in [6, 6.07) is 3.93. The molecule has 2 bridgehead atoms. The molecule has 4 atom stereocenters. The van der Waals surface area contributed by atoms with E-state index in [4.69, 9.17) is 0 Å². The zero-order valence-corrected chi connectivity index (χ0v) is 18.0. The minimum Gasteiger partial charge on any atom is -0.365 e. The zero-order valence-electron chi connectivity index (χ0n) is 18.0. The van der Waals surface area contributed by atoms with Gasteiger partial charge in [0.1, 0.15) is 11.5 Å². The Morgan fingerprint density at radius 2 is 1.88 bits per heavy atom. The fourth-order valence-corrected chi connectivity index (χ4v) is 4.95. The van der Waals surface area contributed by atoms with Gasteiger partial charge in [0.15, 0.2) is 5.69 Å². The summed E-state index contributed by atoms with van der Waals surface area (Å²) in [7, 11) is 0. The van der Waals surface area contributed by atoms with Crippen molar-refractivity contribution in [3.05, 3.63) is 59.8 Å². The molecule has 0 spiro atoms. The molecule has 11 heteroatoms. The van der Waals surface area contributed by atoms with E-state index >= 15 is 0 Å². The Kier molecular flexibility index (Phi) is 5.06. The Morgan fingerprint density at radius 3 is 2.52 bits per heavy atom. The van der Waals surface area contributed by atoms with Gasteiger partial charge in [-0.2, -0.15) is 23.4 Å². The maximum Gasteiger partial charge on any atom is 0.417 e. The molecule has 4 heterocycles. The second-order valence-corrected chi connectivity index (χ2v) is 8.63. The maximum atomic E-state index is 13.7. The highest BCUT2D eigenvalue weighted by Crippen LogP contribution is 2.44. The van der Waals surface area contributed by atoms with Gasteiger partial charge in [-0.15, -0.1) is 4.80 Å². The second kappa shape index (κ2) is 7.82. The number of amides is 1. The Morgan fingerprint density at radius 1 is 1.12 bits per heavy atom. The first-order chi connectivity index (χ1) is 15.7. The smallest absolute Gasteiger partial charge is 0.365 e. The first-order valence-electron chi connectivity index (χ1n) is 10.7. The number of nitrogens with one attached hydrogen (secondary N) is 1. The van der Waals surface area contributed by atoms with Crippen molar-refractivity contribution in [3.63, 3.8) is 0 Å². The van der Waals surface area contributed by atoms with Gasteiger partial charge in [-0.25, -0.2) is 9.97 Å². The SMILES string of the molecule is Cc1cnc(C(=O)N2[C@@H]3CC(CC3Nc3ccc(C(F)(F)F)cn3)[C@@H]2C)c(-n2nccn2)c1. The molecule has 0 aromatic carbocycles. The highest BCUT2D eigenvalue weighted by Gasteiger charge is 2.52. The molecule has 1 saturated heterocycles. The topological polar surface area (TPSA) is 88.8 Å². The average Bonchev–Trinajstić information content (AvgIpc) is 3.50. The van der Waals surface area contributed by atoms with E-state index in [0.717, 1.165) is 30.7 Å². The summed E-state index contributed by atoms with van der Waals surface area (Å²) in [5.74, 6) is 0.423. The zero-order chi connectivity index (χ0) is 23.3. The lowest BCUT2D eigenvalue weighted by Crippen LogP contribution is -2.52. The summed E-state index contributed by atoms with van der Waals surface area (Å²) >= 11 is 0. The fraction of sp³-hybridized carbons (Fsp3) is 0.409. The van der Waals surface area contributed by atoms with Gasteiger partial charge in [0.05, 0.1) is 24.0 Å². The monoisotopic (exact) mass is 457 g/mol. The standard InChI is InChI=1S/C22H22F3N7O/c1-12-7-18(32-28-5-6-29-32)20(27-10-12)21(33)31-13(2)14-8-16(17(31)9-14)30-19-4-3-15(11-26-19)22(23,24)25/h3-7,10-11,13-14,16-17H,8-9H2,1-2H3,(H,26,30)/t13-,14?,16?,17+/m0/s1. The molecule has 1 saturated carbocycles. The highest BCUT2D eigenvalue weighted by molar-refractivity contribution is 5.96. The number of anilines is 1. The Labute approximate surface area is 187 Å². The van der Waals surface area contributed by atoms with Gasteiger partial charge >= 0.3 is 6.18 Å². The quantitative estimate of drug-likeness (QED) is 0.645. The van der Waals surface area contributed by atoms with Crippen LogP contribution in [0.1, 0.15) is 41.4 Å². The van der Waals surface area contributed by atoms with E-state index < -0.39 is 11.7 Å². The van der Waals surface area contributed by atoms with Crippen LogP contribution in [0.2, 0.25) is 0 Å². The van der Waals surface area contributed by atoms with Crippen LogP contribution < -0.4 is 5.32 Å². The molecule has 1 aliphatic carbocycles.